The molecule has 2 rings (SSSR count). The Morgan fingerprint density at radius 1 is 1.50 bits per heavy atom. The van der Waals surface area contributed by atoms with Gasteiger partial charge in [-0.05, 0) is 18.2 Å². The minimum atomic E-state index is 0.893. The second-order valence-corrected chi connectivity index (χ2v) is 4.90. The van der Waals surface area contributed by atoms with Crippen molar-refractivity contribution in [3.05, 3.63) is 22.7 Å². The summed E-state index contributed by atoms with van der Waals surface area (Å²) < 4.78 is 1.08. The molecule has 1 nitrogen and oxygen atoms in total. The fourth-order valence-electron chi connectivity index (χ4n) is 1.06. The zero-order valence-corrected chi connectivity index (χ0v) is 9.35. The van der Waals surface area contributed by atoms with Crippen LogP contribution in [-0.4, -0.2) is 10.7 Å². The average molecular weight is 260 g/mol. The number of hydrogen-bond donors (Lipinski definition) is 1. The highest BCUT2D eigenvalue weighted by atomic mass is 79.9. The van der Waals surface area contributed by atoms with Crippen LogP contribution in [-0.2, 0) is 0 Å². The van der Waals surface area contributed by atoms with Crippen LogP contribution in [0, 0.1) is 0 Å². The van der Waals surface area contributed by atoms with E-state index in [1.54, 1.807) is 11.8 Å². The minimum absolute atomic E-state index is 0.893. The van der Waals surface area contributed by atoms with Gasteiger partial charge in [0.25, 0.3) is 0 Å². The smallest absolute Gasteiger partial charge is 0.0901 e. The van der Waals surface area contributed by atoms with Gasteiger partial charge in [-0.1, -0.05) is 28.1 Å². The number of nitrogens with one attached hydrogen (secondary N) is 1. The molecule has 1 aromatic rings. The molecular formula is C8H6BrNS2. The van der Waals surface area contributed by atoms with Crippen LogP contribution in [0.3, 0.4) is 0 Å². The molecule has 62 valence electrons. The molecule has 0 radical (unpaired) electrons. The quantitative estimate of drug-likeness (QED) is 0.719. The van der Waals surface area contributed by atoms with Crippen molar-refractivity contribution in [2.75, 3.05) is 11.1 Å². The molecule has 1 aliphatic heterocycles. The first-order valence-corrected chi connectivity index (χ1v) is 5.66. The third-order valence-corrected chi connectivity index (χ3v) is 3.60. The van der Waals surface area contributed by atoms with E-state index in [9.17, 15) is 0 Å². The summed E-state index contributed by atoms with van der Waals surface area (Å²) in [5.41, 5.74) is 1.12. The van der Waals surface area contributed by atoms with Crippen molar-refractivity contribution in [2.45, 2.75) is 4.90 Å². The first-order chi connectivity index (χ1) is 5.75. The molecule has 4 heteroatoms. The van der Waals surface area contributed by atoms with Crippen LogP contribution in [0.4, 0.5) is 5.69 Å². The molecule has 0 fully saturated rings. The monoisotopic (exact) mass is 259 g/mol. The molecule has 0 amide bonds. The van der Waals surface area contributed by atoms with Gasteiger partial charge in [-0.3, -0.25) is 0 Å². The maximum absolute atomic E-state index is 5.08. The Bertz CT molecular complexity index is 338. The number of benzene rings is 1. The van der Waals surface area contributed by atoms with Crippen molar-refractivity contribution in [2.24, 2.45) is 0 Å². The lowest BCUT2D eigenvalue weighted by molar-refractivity contribution is 1.41. The van der Waals surface area contributed by atoms with E-state index in [-0.39, 0.29) is 0 Å². The predicted octanol–water partition coefficient (Wildman–Crippen LogP) is 3.29. The Hall–Kier alpha value is -0.0600. The van der Waals surface area contributed by atoms with E-state index in [1.165, 1.54) is 4.90 Å². The number of fused-ring (bicyclic) bond motifs is 1. The van der Waals surface area contributed by atoms with Crippen molar-refractivity contribution in [3.63, 3.8) is 0 Å². The molecule has 0 aromatic heterocycles. The normalized spacial score (nSPS) is 15.2. The van der Waals surface area contributed by atoms with Crippen LogP contribution >= 0.6 is 39.9 Å². The first-order valence-electron chi connectivity index (χ1n) is 3.48. The van der Waals surface area contributed by atoms with Crippen molar-refractivity contribution in [1.82, 2.24) is 0 Å². The van der Waals surface area contributed by atoms with E-state index < -0.39 is 0 Å². The highest BCUT2D eigenvalue weighted by Crippen LogP contribution is 2.33. The van der Waals surface area contributed by atoms with Gasteiger partial charge in [0.05, 0.1) is 10.7 Å². The molecule has 0 aliphatic carbocycles. The minimum Gasteiger partial charge on any atom is -0.348 e. The lowest BCUT2D eigenvalue weighted by Crippen LogP contribution is -2.16. The molecule has 0 bridgehead atoms. The molecule has 0 unspecified atom stereocenters. The maximum Gasteiger partial charge on any atom is 0.0901 e. The Balaban J connectivity index is 2.44. The maximum atomic E-state index is 5.08. The summed E-state index contributed by atoms with van der Waals surface area (Å²) >= 11 is 10.3. The molecule has 0 atom stereocenters. The number of anilines is 1. The lowest BCUT2D eigenvalue weighted by Gasteiger charge is -2.17. The Morgan fingerprint density at radius 3 is 3.17 bits per heavy atom. The van der Waals surface area contributed by atoms with E-state index in [1.807, 2.05) is 12.1 Å². The molecule has 0 saturated carbocycles. The van der Waals surface area contributed by atoms with Gasteiger partial charge in [0.2, 0.25) is 0 Å². The van der Waals surface area contributed by atoms with Gasteiger partial charge in [-0.25, -0.2) is 0 Å². The summed E-state index contributed by atoms with van der Waals surface area (Å²) in [6.45, 7) is 0. The summed E-state index contributed by atoms with van der Waals surface area (Å²) in [5, 5.41) is 3.18. The van der Waals surface area contributed by atoms with Crippen LogP contribution in [0.25, 0.3) is 0 Å². The summed E-state index contributed by atoms with van der Waals surface area (Å²) in [4.78, 5) is 2.18. The molecule has 1 N–H and O–H groups in total. The highest BCUT2D eigenvalue weighted by Gasteiger charge is 2.11. The molecule has 1 aliphatic rings. The van der Waals surface area contributed by atoms with E-state index in [0.29, 0.717) is 0 Å². The second kappa shape index (κ2) is 3.36. The highest BCUT2D eigenvalue weighted by molar-refractivity contribution is 9.10. The molecule has 12 heavy (non-hydrogen) atoms. The molecule has 0 spiro atoms. The number of halogens is 1. The molecular weight excluding hydrogens is 254 g/mol. The Kier molecular flexibility index (Phi) is 2.39. The lowest BCUT2D eigenvalue weighted by atomic mass is 10.3. The Labute approximate surface area is 89.1 Å². The van der Waals surface area contributed by atoms with Crippen LogP contribution in [0.15, 0.2) is 27.6 Å². The van der Waals surface area contributed by atoms with Crippen LogP contribution in [0.5, 0.6) is 0 Å². The van der Waals surface area contributed by atoms with E-state index in [4.69, 9.17) is 12.2 Å². The van der Waals surface area contributed by atoms with Gasteiger partial charge in [0, 0.05) is 15.1 Å². The third kappa shape index (κ3) is 1.65. The summed E-state index contributed by atoms with van der Waals surface area (Å²) in [6, 6.07) is 6.19. The molecule has 1 aromatic carbocycles. The van der Waals surface area contributed by atoms with Gasteiger partial charge < -0.3 is 5.32 Å². The van der Waals surface area contributed by atoms with Crippen molar-refractivity contribution < 1.29 is 0 Å². The van der Waals surface area contributed by atoms with Crippen LogP contribution in [0.1, 0.15) is 0 Å². The molecule has 0 saturated heterocycles. The zero-order valence-electron chi connectivity index (χ0n) is 6.13. The zero-order chi connectivity index (χ0) is 8.55. The number of thioether (sulfide) groups is 1. The van der Waals surface area contributed by atoms with E-state index >= 15 is 0 Å². The SMILES string of the molecule is S=C1CSc2ccc(Br)cc2N1. The first kappa shape index (κ1) is 8.53. The number of rotatable bonds is 0. The third-order valence-electron chi connectivity index (χ3n) is 1.57. The van der Waals surface area contributed by atoms with E-state index in [0.717, 1.165) is 20.9 Å². The topological polar surface area (TPSA) is 12.0 Å². The molecule has 1 heterocycles. The largest absolute Gasteiger partial charge is 0.348 e. The van der Waals surface area contributed by atoms with Gasteiger partial charge in [0.1, 0.15) is 0 Å². The average Bonchev–Trinajstić information content (AvgIpc) is 2.03. The van der Waals surface area contributed by atoms with E-state index in [2.05, 4.69) is 27.3 Å². The van der Waals surface area contributed by atoms with Crippen molar-refractivity contribution in [3.8, 4) is 0 Å². The summed E-state index contributed by atoms with van der Waals surface area (Å²) in [7, 11) is 0. The van der Waals surface area contributed by atoms with Gasteiger partial charge >= 0.3 is 0 Å². The van der Waals surface area contributed by atoms with Gasteiger partial charge in [0.15, 0.2) is 0 Å². The second-order valence-electron chi connectivity index (χ2n) is 2.48. The Morgan fingerprint density at radius 2 is 2.33 bits per heavy atom. The van der Waals surface area contributed by atoms with Crippen LogP contribution in [0.2, 0.25) is 0 Å². The standard InChI is InChI=1S/C8H6BrNS2/c9-5-1-2-7-6(3-5)10-8(11)4-12-7/h1-3H,4H2,(H,10,11). The van der Waals surface area contributed by atoms with Crippen LogP contribution < -0.4 is 5.32 Å². The number of thiocarbonyl (C=S) groups is 1. The van der Waals surface area contributed by atoms with Gasteiger partial charge in [-0.15, -0.1) is 11.8 Å². The summed E-state index contributed by atoms with van der Waals surface area (Å²) in [5.74, 6) is 0.893. The van der Waals surface area contributed by atoms with Crippen molar-refractivity contribution in [1.29, 1.82) is 0 Å². The van der Waals surface area contributed by atoms with Crippen molar-refractivity contribution >= 4 is 50.6 Å². The van der Waals surface area contributed by atoms with Gasteiger partial charge in [-0.2, -0.15) is 0 Å². The predicted molar refractivity (Wildman–Crippen MR) is 61.1 cm³/mol. The fraction of sp³-hybridized carbons (Fsp3) is 0.125. The summed E-state index contributed by atoms with van der Waals surface area (Å²) in [6.07, 6.45) is 0. The fourth-order valence-corrected chi connectivity index (χ4v) is 2.49. The number of hydrogen-bond acceptors (Lipinski definition) is 2.